The molecule has 0 spiro atoms. The fourth-order valence-corrected chi connectivity index (χ4v) is 9.39. The average Bonchev–Trinajstić information content (AvgIpc) is 3.19. The van der Waals surface area contributed by atoms with Gasteiger partial charge in [-0.3, -0.25) is 0 Å². The van der Waals surface area contributed by atoms with Crippen molar-refractivity contribution in [3.8, 4) is 5.75 Å². The number of rotatable bonds is 3. The molecule has 2 heteroatoms. The minimum atomic E-state index is -0.782. The lowest BCUT2D eigenvalue weighted by atomic mass is 9.48. The van der Waals surface area contributed by atoms with Gasteiger partial charge in [0.15, 0.2) is 0 Å². The average molecular weight is 491 g/mol. The Kier molecular flexibility index (Phi) is 5.24. The number of aryl methyl sites for hydroxylation is 1. The molecule has 4 aliphatic rings. The summed E-state index contributed by atoms with van der Waals surface area (Å²) in [7, 11) is 0. The van der Waals surface area contributed by atoms with E-state index in [-0.39, 0.29) is 11.3 Å². The van der Waals surface area contributed by atoms with E-state index in [0.717, 1.165) is 32.1 Å². The topological polar surface area (TPSA) is 40.5 Å². The monoisotopic (exact) mass is 490 g/mol. The van der Waals surface area contributed by atoms with Crippen LogP contribution in [-0.2, 0) is 6.42 Å². The van der Waals surface area contributed by atoms with Crippen LogP contribution in [0, 0.1) is 23.2 Å². The van der Waals surface area contributed by atoms with Crippen LogP contribution in [0.5, 0.6) is 5.75 Å². The first kappa shape index (κ1) is 23.3. The van der Waals surface area contributed by atoms with Crippen LogP contribution in [0.4, 0.5) is 0 Å². The maximum Gasteiger partial charge on any atom is 0.115 e. The Morgan fingerprint density at radius 3 is 2.32 bits per heavy atom. The Labute approximate surface area is 221 Å². The molecule has 3 aromatic rings. The molecule has 0 aromatic heterocycles. The Morgan fingerprint density at radius 1 is 0.838 bits per heavy atom. The summed E-state index contributed by atoms with van der Waals surface area (Å²) in [6.07, 6.45) is 6.34. The van der Waals surface area contributed by atoms with Gasteiger partial charge in [-0.15, -0.1) is 0 Å². The minimum Gasteiger partial charge on any atom is -0.508 e. The summed E-state index contributed by atoms with van der Waals surface area (Å²) in [5.74, 6) is 2.73. The second-order valence-corrected chi connectivity index (χ2v) is 12.5. The first-order chi connectivity index (χ1) is 17.9. The van der Waals surface area contributed by atoms with Gasteiger partial charge in [0, 0.05) is 11.3 Å². The third-order valence-electron chi connectivity index (χ3n) is 11.1. The highest BCUT2D eigenvalue weighted by Crippen LogP contribution is 2.70. The van der Waals surface area contributed by atoms with Crippen molar-refractivity contribution in [3.63, 3.8) is 0 Å². The molecule has 2 saturated carbocycles. The normalized spacial score (nSPS) is 36.4. The number of fused-ring (bicyclic) bond motifs is 5. The van der Waals surface area contributed by atoms with Crippen LogP contribution in [-0.4, -0.2) is 15.8 Å². The second kappa shape index (κ2) is 8.33. The van der Waals surface area contributed by atoms with Crippen LogP contribution in [0.1, 0.15) is 80.0 Å². The molecule has 0 radical (unpaired) electrons. The lowest BCUT2D eigenvalue weighted by Gasteiger charge is -2.57. The van der Waals surface area contributed by atoms with Crippen LogP contribution in [0.3, 0.4) is 0 Å². The molecule has 0 saturated heterocycles. The van der Waals surface area contributed by atoms with Crippen LogP contribution in [0.2, 0.25) is 0 Å². The lowest BCUT2D eigenvalue weighted by Crippen LogP contribution is -2.55. The zero-order chi connectivity index (χ0) is 25.4. The van der Waals surface area contributed by atoms with Gasteiger partial charge in [-0.05, 0) is 108 Å². The van der Waals surface area contributed by atoms with Crippen LogP contribution < -0.4 is 0 Å². The summed E-state index contributed by atoms with van der Waals surface area (Å²) >= 11 is 0. The van der Waals surface area contributed by atoms with Crippen molar-refractivity contribution in [2.45, 2.75) is 69.8 Å². The van der Waals surface area contributed by atoms with E-state index in [1.165, 1.54) is 39.8 Å². The predicted molar refractivity (Wildman–Crippen MR) is 149 cm³/mol. The van der Waals surface area contributed by atoms with Crippen LogP contribution in [0.25, 0.3) is 5.57 Å². The largest absolute Gasteiger partial charge is 0.508 e. The molecular formula is C35H38O2. The van der Waals surface area contributed by atoms with Gasteiger partial charge in [-0.25, -0.2) is 0 Å². The Morgan fingerprint density at radius 2 is 1.57 bits per heavy atom. The van der Waals surface area contributed by atoms with E-state index in [0.29, 0.717) is 29.4 Å². The van der Waals surface area contributed by atoms with Crippen molar-refractivity contribution in [2.24, 2.45) is 23.2 Å². The summed E-state index contributed by atoms with van der Waals surface area (Å²) in [5, 5.41) is 23.0. The Hall–Kier alpha value is -2.84. The molecule has 3 aromatic carbocycles. The standard InChI is InChI=1S/C35H38O2/c1-22-31(23-9-5-3-6-10-23)33(32(22)24-11-7-4-8-12-24)35(37)20-18-30-29-15-13-25-21-26(36)14-16-27(25)28(29)17-19-34(30,35)2/h3-12,14,16,21-22,28-31,36-37H,13,15,17-20H2,1-2H3/t22?,28-,29-,30+,31?,34+,35-/m1/s1. The molecule has 0 heterocycles. The third-order valence-corrected chi connectivity index (χ3v) is 11.1. The first-order valence-corrected chi connectivity index (χ1v) is 14.3. The van der Waals surface area contributed by atoms with Gasteiger partial charge in [-0.1, -0.05) is 80.6 Å². The SMILES string of the molecule is CC1C(c2ccccc2)=C([C@]2(O)CC[C@H]3[C@@H]4CCc5cc(O)ccc5[C@H]4CC[C@@]32C)C1c1ccccc1. The molecule has 37 heavy (non-hydrogen) atoms. The molecule has 4 aliphatic carbocycles. The quantitative estimate of drug-likeness (QED) is 0.392. The Balaban J connectivity index is 1.32. The lowest BCUT2D eigenvalue weighted by molar-refractivity contribution is -0.0840. The molecule has 0 amide bonds. The fraction of sp³-hybridized carbons (Fsp3) is 0.429. The van der Waals surface area contributed by atoms with E-state index >= 15 is 0 Å². The van der Waals surface area contributed by atoms with Gasteiger partial charge in [0.05, 0.1) is 5.60 Å². The summed E-state index contributed by atoms with van der Waals surface area (Å²) in [5.41, 5.74) is 7.19. The van der Waals surface area contributed by atoms with Crippen molar-refractivity contribution in [2.75, 3.05) is 0 Å². The summed E-state index contributed by atoms with van der Waals surface area (Å²) in [6, 6.07) is 27.8. The fourth-order valence-electron chi connectivity index (χ4n) is 9.39. The van der Waals surface area contributed by atoms with Gasteiger partial charge in [0.25, 0.3) is 0 Å². The number of hydrogen-bond donors (Lipinski definition) is 2. The van der Waals surface area contributed by atoms with Gasteiger partial charge >= 0.3 is 0 Å². The molecule has 190 valence electrons. The third kappa shape index (κ3) is 3.21. The molecular weight excluding hydrogens is 452 g/mol. The minimum absolute atomic E-state index is 0.120. The number of allylic oxidation sites excluding steroid dienone is 1. The Bertz CT molecular complexity index is 1360. The molecule has 2 fully saturated rings. The maximum atomic E-state index is 13.0. The maximum absolute atomic E-state index is 13.0. The highest BCUT2D eigenvalue weighted by molar-refractivity contribution is 5.81. The number of phenolic OH excluding ortho intramolecular Hbond substituents is 1. The van der Waals surface area contributed by atoms with Gasteiger partial charge < -0.3 is 10.2 Å². The van der Waals surface area contributed by atoms with E-state index in [4.69, 9.17) is 0 Å². The number of aromatic hydroxyl groups is 1. The summed E-state index contributed by atoms with van der Waals surface area (Å²) in [6.45, 7) is 4.78. The van der Waals surface area contributed by atoms with Crippen molar-refractivity contribution in [3.05, 3.63) is 107 Å². The zero-order valence-electron chi connectivity index (χ0n) is 22.0. The van der Waals surface area contributed by atoms with E-state index in [1.54, 1.807) is 0 Å². The highest BCUT2D eigenvalue weighted by Gasteiger charge is 2.65. The number of hydrogen-bond acceptors (Lipinski definition) is 2. The van der Waals surface area contributed by atoms with Crippen molar-refractivity contribution in [1.29, 1.82) is 0 Å². The number of benzene rings is 3. The smallest absolute Gasteiger partial charge is 0.115 e. The molecule has 2 unspecified atom stereocenters. The van der Waals surface area contributed by atoms with E-state index in [2.05, 4.69) is 80.6 Å². The van der Waals surface area contributed by atoms with Crippen molar-refractivity contribution < 1.29 is 10.2 Å². The van der Waals surface area contributed by atoms with Crippen LogP contribution in [0.15, 0.2) is 84.4 Å². The molecule has 0 bridgehead atoms. The zero-order valence-corrected chi connectivity index (χ0v) is 22.0. The van der Waals surface area contributed by atoms with Gasteiger partial charge in [0.1, 0.15) is 5.75 Å². The predicted octanol–water partition coefficient (Wildman–Crippen LogP) is 7.87. The van der Waals surface area contributed by atoms with Gasteiger partial charge in [-0.2, -0.15) is 0 Å². The van der Waals surface area contributed by atoms with Crippen LogP contribution >= 0.6 is 0 Å². The van der Waals surface area contributed by atoms with Crippen molar-refractivity contribution >= 4 is 5.57 Å². The number of phenols is 1. The molecule has 7 atom stereocenters. The molecule has 7 rings (SSSR count). The number of aliphatic hydroxyl groups is 1. The van der Waals surface area contributed by atoms with E-state index < -0.39 is 5.60 Å². The second-order valence-electron chi connectivity index (χ2n) is 12.5. The van der Waals surface area contributed by atoms with Crippen molar-refractivity contribution in [1.82, 2.24) is 0 Å². The first-order valence-electron chi connectivity index (χ1n) is 14.3. The molecule has 0 aliphatic heterocycles. The van der Waals surface area contributed by atoms with Gasteiger partial charge in [0.2, 0.25) is 0 Å². The van der Waals surface area contributed by atoms with E-state index in [9.17, 15) is 10.2 Å². The summed E-state index contributed by atoms with van der Waals surface area (Å²) < 4.78 is 0. The molecule has 2 nitrogen and oxygen atoms in total. The summed E-state index contributed by atoms with van der Waals surface area (Å²) in [4.78, 5) is 0. The molecule has 2 N–H and O–H groups in total. The van der Waals surface area contributed by atoms with E-state index in [1.807, 2.05) is 12.1 Å². The highest BCUT2D eigenvalue weighted by atomic mass is 16.3.